The Kier molecular flexibility index (Phi) is 5.06. The Morgan fingerprint density at radius 3 is 2.71 bits per heavy atom. The number of nitrogens with one attached hydrogen (secondary N) is 1. The van der Waals surface area contributed by atoms with Crippen LogP contribution in [0.5, 0.6) is 5.19 Å². The van der Waals surface area contributed by atoms with Crippen LogP contribution in [-0.2, 0) is 6.54 Å². The van der Waals surface area contributed by atoms with E-state index in [1.165, 1.54) is 0 Å². The molecule has 0 saturated heterocycles. The van der Waals surface area contributed by atoms with Gasteiger partial charge >= 0.3 is 12.3 Å². The van der Waals surface area contributed by atoms with Gasteiger partial charge in [-0.05, 0) is 6.54 Å². The number of hydrogen-bond acceptors (Lipinski definition) is 5. The minimum atomic E-state index is -4.17. The third-order valence-electron chi connectivity index (χ3n) is 1.68. The second-order valence-corrected chi connectivity index (χ2v) is 4.12. The molecular formula is C8H11F4N3OS. The van der Waals surface area contributed by atoms with Crippen LogP contribution >= 0.6 is 11.3 Å². The van der Waals surface area contributed by atoms with Crippen LogP contribution in [0.3, 0.4) is 0 Å². The molecule has 0 amide bonds. The first-order chi connectivity index (χ1) is 7.95. The van der Waals surface area contributed by atoms with Crippen LogP contribution in [0.2, 0.25) is 0 Å². The zero-order valence-electron chi connectivity index (χ0n) is 8.92. The van der Waals surface area contributed by atoms with Crippen molar-refractivity contribution >= 4 is 11.3 Å². The molecule has 0 aliphatic carbocycles. The number of alkyl halides is 4. The van der Waals surface area contributed by atoms with Crippen LogP contribution in [0.1, 0.15) is 11.9 Å². The molecule has 0 fully saturated rings. The van der Waals surface area contributed by atoms with Gasteiger partial charge in [-0.25, -0.2) is 8.78 Å². The Balaban J connectivity index is 2.44. The molecule has 0 saturated carbocycles. The molecule has 1 heterocycles. The lowest BCUT2D eigenvalue weighted by molar-refractivity contribution is -0.148. The van der Waals surface area contributed by atoms with E-state index >= 15 is 0 Å². The Morgan fingerprint density at radius 1 is 1.41 bits per heavy atom. The largest absolute Gasteiger partial charge is 0.462 e. The molecule has 98 valence electrons. The number of halogens is 4. The van der Waals surface area contributed by atoms with Gasteiger partial charge in [0.2, 0.25) is 0 Å². The maximum atomic E-state index is 12.5. The van der Waals surface area contributed by atoms with Gasteiger partial charge in [0.05, 0.1) is 0 Å². The van der Waals surface area contributed by atoms with Gasteiger partial charge < -0.3 is 10.1 Å². The van der Waals surface area contributed by atoms with Crippen molar-refractivity contribution in [1.29, 1.82) is 0 Å². The van der Waals surface area contributed by atoms with E-state index < -0.39 is 19.0 Å². The summed E-state index contributed by atoms with van der Waals surface area (Å²) in [5.74, 6) is -4.17. The van der Waals surface area contributed by atoms with Crippen LogP contribution in [0.25, 0.3) is 0 Å². The van der Waals surface area contributed by atoms with Gasteiger partial charge in [0.15, 0.2) is 6.61 Å². The van der Waals surface area contributed by atoms with E-state index in [-0.39, 0.29) is 5.19 Å². The molecule has 1 rings (SSSR count). The van der Waals surface area contributed by atoms with Crippen LogP contribution in [0.4, 0.5) is 17.6 Å². The lowest BCUT2D eigenvalue weighted by Gasteiger charge is -2.13. The Bertz CT molecular complexity index is 347. The maximum Gasteiger partial charge on any atom is 0.340 e. The molecule has 0 aromatic carbocycles. The maximum absolute atomic E-state index is 12.5. The van der Waals surface area contributed by atoms with Gasteiger partial charge in [-0.2, -0.15) is 8.78 Å². The van der Waals surface area contributed by atoms with Gasteiger partial charge in [0.1, 0.15) is 5.01 Å². The minimum absolute atomic E-state index is 0.141. The first-order valence-electron chi connectivity index (χ1n) is 4.77. The quantitative estimate of drug-likeness (QED) is 0.771. The minimum Gasteiger partial charge on any atom is -0.462 e. The van der Waals surface area contributed by atoms with E-state index in [0.717, 1.165) is 17.9 Å². The number of nitrogens with zero attached hydrogens (tertiary/aromatic N) is 2. The molecule has 0 spiro atoms. The Hall–Kier alpha value is -0.960. The van der Waals surface area contributed by atoms with Gasteiger partial charge in [-0.1, -0.05) is 18.3 Å². The molecule has 9 heteroatoms. The van der Waals surface area contributed by atoms with Crippen LogP contribution in [-0.4, -0.2) is 35.7 Å². The summed E-state index contributed by atoms with van der Waals surface area (Å²) in [6.07, 6.45) is -3.75. The van der Waals surface area contributed by atoms with Crippen LogP contribution < -0.4 is 10.1 Å². The van der Waals surface area contributed by atoms with E-state index in [9.17, 15) is 17.6 Å². The monoisotopic (exact) mass is 273 g/mol. The molecular weight excluding hydrogens is 262 g/mol. The average Bonchev–Trinajstić information content (AvgIpc) is 2.71. The second kappa shape index (κ2) is 6.10. The predicted octanol–water partition coefficient (Wildman–Crippen LogP) is 1.93. The van der Waals surface area contributed by atoms with Crippen molar-refractivity contribution in [3.8, 4) is 5.19 Å². The summed E-state index contributed by atoms with van der Waals surface area (Å²) in [7, 11) is 0. The van der Waals surface area contributed by atoms with Crippen LogP contribution in [0.15, 0.2) is 0 Å². The molecule has 0 radical (unpaired) electrons. The third kappa shape index (κ3) is 4.43. The normalized spacial score (nSPS) is 12.1. The topological polar surface area (TPSA) is 47.0 Å². The van der Waals surface area contributed by atoms with E-state index in [4.69, 9.17) is 0 Å². The van der Waals surface area contributed by atoms with Crippen molar-refractivity contribution in [3.05, 3.63) is 5.01 Å². The van der Waals surface area contributed by atoms with E-state index in [1.807, 2.05) is 6.92 Å². The SMILES string of the molecule is CCNCc1nnc(OCC(F)(F)C(F)F)s1. The van der Waals surface area contributed by atoms with E-state index in [1.54, 1.807) is 0 Å². The van der Waals surface area contributed by atoms with Gasteiger partial charge in [0.25, 0.3) is 5.19 Å². The second-order valence-electron chi connectivity index (χ2n) is 3.09. The van der Waals surface area contributed by atoms with Gasteiger partial charge in [0, 0.05) is 6.54 Å². The van der Waals surface area contributed by atoms with Crippen molar-refractivity contribution < 1.29 is 22.3 Å². The highest BCUT2D eigenvalue weighted by Crippen LogP contribution is 2.25. The highest BCUT2D eigenvalue weighted by molar-refractivity contribution is 7.13. The summed E-state index contributed by atoms with van der Waals surface area (Å²) >= 11 is 0.940. The predicted molar refractivity (Wildman–Crippen MR) is 53.7 cm³/mol. The first-order valence-corrected chi connectivity index (χ1v) is 5.59. The van der Waals surface area contributed by atoms with Crippen LogP contribution in [0, 0.1) is 0 Å². The molecule has 1 aromatic heterocycles. The summed E-state index contributed by atoms with van der Waals surface area (Å²) < 4.78 is 53.1. The molecule has 1 aromatic rings. The molecule has 0 atom stereocenters. The van der Waals surface area contributed by atoms with Crippen molar-refractivity contribution in [1.82, 2.24) is 15.5 Å². The molecule has 4 nitrogen and oxygen atoms in total. The van der Waals surface area contributed by atoms with Crippen molar-refractivity contribution in [2.24, 2.45) is 0 Å². The molecule has 0 aliphatic heterocycles. The molecule has 0 unspecified atom stereocenters. The van der Waals surface area contributed by atoms with Crippen molar-refractivity contribution in [2.75, 3.05) is 13.2 Å². The highest BCUT2D eigenvalue weighted by atomic mass is 32.1. The zero-order valence-corrected chi connectivity index (χ0v) is 9.74. The molecule has 0 aliphatic rings. The summed E-state index contributed by atoms with van der Waals surface area (Å²) in [6, 6.07) is 0. The van der Waals surface area contributed by atoms with Gasteiger partial charge in [-0.3, -0.25) is 0 Å². The lowest BCUT2D eigenvalue weighted by Crippen LogP contribution is -2.33. The smallest absolute Gasteiger partial charge is 0.340 e. The number of ether oxygens (including phenoxy) is 1. The summed E-state index contributed by atoms with van der Waals surface area (Å²) in [5, 5.41) is 10.5. The lowest BCUT2D eigenvalue weighted by atomic mass is 10.4. The van der Waals surface area contributed by atoms with Crippen molar-refractivity contribution in [2.45, 2.75) is 25.8 Å². The molecule has 17 heavy (non-hydrogen) atoms. The fraction of sp³-hybridized carbons (Fsp3) is 0.750. The first kappa shape index (κ1) is 14.1. The molecule has 1 N–H and O–H groups in total. The standard InChI is InChI=1S/C8H11F4N3OS/c1-2-13-3-5-14-15-7(17-5)16-4-8(11,12)6(9)10/h6,13H,2-4H2,1H3. The van der Waals surface area contributed by atoms with E-state index in [0.29, 0.717) is 11.6 Å². The molecule has 0 bridgehead atoms. The highest BCUT2D eigenvalue weighted by Gasteiger charge is 2.42. The Labute approximate surface area is 99.0 Å². The Morgan fingerprint density at radius 2 is 2.12 bits per heavy atom. The fourth-order valence-corrected chi connectivity index (χ4v) is 1.48. The number of hydrogen-bond donors (Lipinski definition) is 1. The fourth-order valence-electron chi connectivity index (χ4n) is 0.821. The van der Waals surface area contributed by atoms with E-state index in [2.05, 4.69) is 20.3 Å². The summed E-state index contributed by atoms with van der Waals surface area (Å²) in [5.41, 5.74) is 0. The zero-order chi connectivity index (χ0) is 12.9. The number of rotatable bonds is 7. The number of aromatic nitrogens is 2. The average molecular weight is 273 g/mol. The summed E-state index contributed by atoms with van der Waals surface area (Å²) in [4.78, 5) is 0. The summed E-state index contributed by atoms with van der Waals surface area (Å²) in [6.45, 7) is 1.64. The van der Waals surface area contributed by atoms with Crippen molar-refractivity contribution in [3.63, 3.8) is 0 Å². The third-order valence-corrected chi connectivity index (χ3v) is 2.52. The van der Waals surface area contributed by atoms with Gasteiger partial charge in [-0.15, -0.1) is 10.2 Å².